The van der Waals surface area contributed by atoms with Crippen molar-refractivity contribution in [2.45, 2.75) is 0 Å². The van der Waals surface area contributed by atoms with Crippen molar-refractivity contribution in [3.8, 4) is 0 Å². The van der Waals surface area contributed by atoms with Gasteiger partial charge in [-0.25, -0.2) is 4.98 Å². The molecule has 0 bridgehead atoms. The number of halogens is 1. The van der Waals surface area contributed by atoms with Crippen LogP contribution >= 0.6 is 11.5 Å². The second kappa shape index (κ2) is 4.09. The number of hydrogen-bond acceptors (Lipinski definition) is 5. The van der Waals surface area contributed by atoms with Crippen molar-refractivity contribution in [2.24, 2.45) is 0 Å². The summed E-state index contributed by atoms with van der Waals surface area (Å²) in [6.07, 6.45) is 2.66. The Labute approximate surface area is 88.1 Å². The van der Waals surface area contributed by atoms with Crippen molar-refractivity contribution >= 4 is 22.4 Å². The summed E-state index contributed by atoms with van der Waals surface area (Å²) in [4.78, 5) is 14.9. The van der Waals surface area contributed by atoms with Crippen LogP contribution in [0.3, 0.4) is 0 Å². The third kappa shape index (κ3) is 2.13. The molecule has 1 amide bonds. The van der Waals surface area contributed by atoms with Gasteiger partial charge in [0, 0.05) is 17.7 Å². The van der Waals surface area contributed by atoms with Crippen LogP contribution in [-0.2, 0) is 0 Å². The molecule has 0 saturated heterocycles. The summed E-state index contributed by atoms with van der Waals surface area (Å²) in [5.74, 6) is -1.36. The highest BCUT2D eigenvalue weighted by atomic mass is 32.1. The number of aromatic nitrogens is 3. The van der Waals surface area contributed by atoms with E-state index in [4.69, 9.17) is 0 Å². The molecular formula is C8H5FN4OS. The monoisotopic (exact) mass is 224 g/mol. The Morgan fingerprint density at radius 3 is 3.07 bits per heavy atom. The van der Waals surface area contributed by atoms with E-state index in [1.807, 2.05) is 0 Å². The Kier molecular flexibility index (Phi) is 2.64. The van der Waals surface area contributed by atoms with E-state index >= 15 is 0 Å². The normalized spacial score (nSPS) is 9.93. The molecular weight excluding hydrogens is 219 g/mol. The van der Waals surface area contributed by atoms with E-state index in [-0.39, 0.29) is 5.56 Å². The average Bonchev–Trinajstić information content (AvgIpc) is 2.71. The number of hydrogen-bond donors (Lipinski definition) is 1. The lowest BCUT2D eigenvalue weighted by atomic mass is 10.2. The summed E-state index contributed by atoms with van der Waals surface area (Å²) in [6, 6.07) is 2.84. The average molecular weight is 224 g/mol. The maximum absolute atomic E-state index is 13.1. The van der Waals surface area contributed by atoms with Gasteiger partial charge in [0.2, 0.25) is 5.95 Å². The number of rotatable bonds is 2. The third-order valence-corrected chi connectivity index (χ3v) is 2.18. The Morgan fingerprint density at radius 1 is 1.53 bits per heavy atom. The largest absolute Gasteiger partial charge is 0.311 e. The molecule has 76 valence electrons. The SMILES string of the molecule is O=C(Nc1cnns1)c1cccnc1F. The highest BCUT2D eigenvalue weighted by molar-refractivity contribution is 7.10. The van der Waals surface area contributed by atoms with Crippen molar-refractivity contribution < 1.29 is 9.18 Å². The number of carbonyl (C=O) groups excluding carboxylic acids is 1. The molecule has 0 spiro atoms. The first-order valence-electron chi connectivity index (χ1n) is 3.96. The Bertz CT molecular complexity index is 473. The minimum Gasteiger partial charge on any atom is -0.311 e. The number of pyridine rings is 1. The zero-order chi connectivity index (χ0) is 10.7. The van der Waals surface area contributed by atoms with Crippen molar-refractivity contribution in [2.75, 3.05) is 5.32 Å². The molecule has 0 atom stereocenters. The number of amides is 1. The highest BCUT2D eigenvalue weighted by Crippen LogP contribution is 2.12. The van der Waals surface area contributed by atoms with Crippen molar-refractivity contribution in [1.82, 2.24) is 14.6 Å². The van der Waals surface area contributed by atoms with Gasteiger partial charge in [-0.3, -0.25) is 4.79 Å². The molecule has 0 radical (unpaired) electrons. The van der Waals surface area contributed by atoms with E-state index in [0.29, 0.717) is 5.00 Å². The van der Waals surface area contributed by atoms with Crippen LogP contribution in [0.15, 0.2) is 24.5 Å². The fraction of sp³-hybridized carbons (Fsp3) is 0. The predicted octanol–water partition coefficient (Wildman–Crippen LogP) is 1.32. The van der Waals surface area contributed by atoms with Gasteiger partial charge in [0.1, 0.15) is 5.00 Å². The first-order chi connectivity index (χ1) is 7.27. The van der Waals surface area contributed by atoms with Gasteiger partial charge in [-0.05, 0) is 12.1 Å². The Morgan fingerprint density at radius 2 is 2.40 bits per heavy atom. The lowest BCUT2D eigenvalue weighted by molar-refractivity contribution is 0.102. The predicted molar refractivity (Wildman–Crippen MR) is 52.1 cm³/mol. The minimum absolute atomic E-state index is 0.106. The van der Waals surface area contributed by atoms with Gasteiger partial charge >= 0.3 is 0 Å². The maximum atomic E-state index is 13.1. The molecule has 5 nitrogen and oxygen atoms in total. The van der Waals surface area contributed by atoms with Gasteiger partial charge in [0.25, 0.3) is 5.91 Å². The molecule has 0 aliphatic heterocycles. The molecule has 2 aromatic rings. The number of nitrogens with one attached hydrogen (secondary N) is 1. The van der Waals surface area contributed by atoms with Crippen molar-refractivity contribution in [3.05, 3.63) is 36.0 Å². The van der Waals surface area contributed by atoms with Crippen LogP contribution in [0.25, 0.3) is 0 Å². The molecule has 0 fully saturated rings. The van der Waals surface area contributed by atoms with Crippen molar-refractivity contribution in [3.63, 3.8) is 0 Å². The zero-order valence-corrected chi connectivity index (χ0v) is 8.16. The van der Waals surface area contributed by atoms with E-state index < -0.39 is 11.9 Å². The van der Waals surface area contributed by atoms with Crippen LogP contribution in [0.4, 0.5) is 9.39 Å². The third-order valence-electron chi connectivity index (χ3n) is 1.60. The fourth-order valence-corrected chi connectivity index (χ4v) is 1.37. The Balaban J connectivity index is 2.19. The summed E-state index contributed by atoms with van der Waals surface area (Å²) in [5.41, 5.74) is -0.106. The molecule has 2 rings (SSSR count). The van der Waals surface area contributed by atoms with Crippen LogP contribution in [-0.4, -0.2) is 20.5 Å². The van der Waals surface area contributed by atoms with Crippen LogP contribution in [0, 0.1) is 5.95 Å². The van der Waals surface area contributed by atoms with Gasteiger partial charge in [0.15, 0.2) is 0 Å². The second-order valence-corrected chi connectivity index (χ2v) is 3.36. The number of anilines is 1. The van der Waals surface area contributed by atoms with E-state index in [0.717, 1.165) is 11.5 Å². The van der Waals surface area contributed by atoms with Gasteiger partial charge < -0.3 is 5.32 Å². The fourth-order valence-electron chi connectivity index (χ4n) is 0.957. The van der Waals surface area contributed by atoms with Crippen LogP contribution < -0.4 is 5.32 Å². The smallest absolute Gasteiger partial charge is 0.260 e. The summed E-state index contributed by atoms with van der Waals surface area (Å²) >= 11 is 1.02. The molecule has 0 saturated carbocycles. The Hall–Kier alpha value is -1.89. The second-order valence-electron chi connectivity index (χ2n) is 2.58. The van der Waals surface area contributed by atoms with Gasteiger partial charge in [-0.2, -0.15) is 4.39 Å². The van der Waals surface area contributed by atoms with E-state index in [2.05, 4.69) is 19.9 Å². The first-order valence-corrected chi connectivity index (χ1v) is 4.74. The van der Waals surface area contributed by atoms with Crippen LogP contribution in [0.1, 0.15) is 10.4 Å². The summed E-state index contributed by atoms with van der Waals surface area (Å²) in [7, 11) is 0. The summed E-state index contributed by atoms with van der Waals surface area (Å²) in [6.45, 7) is 0. The van der Waals surface area contributed by atoms with E-state index in [1.54, 1.807) is 0 Å². The molecule has 0 unspecified atom stereocenters. The molecule has 0 aliphatic carbocycles. The maximum Gasteiger partial charge on any atom is 0.260 e. The van der Waals surface area contributed by atoms with Gasteiger partial charge in [-0.1, -0.05) is 4.49 Å². The van der Waals surface area contributed by atoms with Crippen molar-refractivity contribution in [1.29, 1.82) is 0 Å². The molecule has 7 heteroatoms. The molecule has 2 aromatic heterocycles. The van der Waals surface area contributed by atoms with Gasteiger partial charge in [0.05, 0.1) is 11.8 Å². The quantitative estimate of drug-likeness (QED) is 0.781. The van der Waals surface area contributed by atoms with Crippen LogP contribution in [0.2, 0.25) is 0 Å². The first kappa shape index (κ1) is 9.66. The minimum atomic E-state index is -0.799. The molecule has 1 N–H and O–H groups in total. The van der Waals surface area contributed by atoms with E-state index in [1.165, 1.54) is 24.5 Å². The molecule has 0 aliphatic rings. The number of carbonyl (C=O) groups is 1. The molecule has 0 aromatic carbocycles. The van der Waals surface area contributed by atoms with Crippen LogP contribution in [0.5, 0.6) is 0 Å². The zero-order valence-electron chi connectivity index (χ0n) is 7.35. The summed E-state index contributed by atoms with van der Waals surface area (Å²) in [5, 5.41) is 6.45. The number of nitrogens with zero attached hydrogens (tertiary/aromatic N) is 3. The van der Waals surface area contributed by atoms with Gasteiger partial charge in [-0.15, -0.1) is 5.10 Å². The van der Waals surface area contributed by atoms with E-state index in [9.17, 15) is 9.18 Å². The molecule has 2 heterocycles. The summed E-state index contributed by atoms with van der Waals surface area (Å²) < 4.78 is 16.6. The topological polar surface area (TPSA) is 67.8 Å². The lowest BCUT2D eigenvalue weighted by Gasteiger charge is -2.01. The standard InChI is InChI=1S/C8H5FN4OS/c9-7-5(2-1-3-10-7)8(14)12-6-4-11-13-15-6/h1-4H,(H,12,14). The molecule has 15 heavy (non-hydrogen) atoms. The lowest BCUT2D eigenvalue weighted by Crippen LogP contribution is -2.13. The highest BCUT2D eigenvalue weighted by Gasteiger charge is 2.12.